The van der Waals surface area contributed by atoms with Crippen molar-refractivity contribution in [1.82, 2.24) is 15.3 Å². The van der Waals surface area contributed by atoms with Crippen LogP contribution in [0, 0.1) is 13.8 Å². The van der Waals surface area contributed by atoms with Crippen LogP contribution in [-0.2, 0) is 16.0 Å². The number of aryl methyl sites for hydroxylation is 2. The van der Waals surface area contributed by atoms with E-state index in [1.165, 1.54) is 0 Å². The van der Waals surface area contributed by atoms with E-state index < -0.39 is 18.0 Å². The molecule has 0 aromatic carbocycles. The third-order valence-electron chi connectivity index (χ3n) is 2.72. The van der Waals surface area contributed by atoms with Crippen LogP contribution in [0.4, 0.5) is 0 Å². The summed E-state index contributed by atoms with van der Waals surface area (Å²) >= 11 is 0. The average molecular weight is 283 g/mol. The van der Waals surface area contributed by atoms with Crippen molar-refractivity contribution in [3.05, 3.63) is 27.4 Å². The van der Waals surface area contributed by atoms with Gasteiger partial charge in [-0.25, -0.2) is 9.78 Å². The Labute approximate surface area is 114 Å². The van der Waals surface area contributed by atoms with E-state index in [-0.39, 0.29) is 24.9 Å². The number of hydrogen-bond donors (Lipinski definition) is 4. The first kappa shape index (κ1) is 15.8. The van der Waals surface area contributed by atoms with E-state index in [1.807, 2.05) is 0 Å². The highest BCUT2D eigenvalue weighted by atomic mass is 16.4. The second-order valence-electron chi connectivity index (χ2n) is 4.37. The number of carboxylic acids is 1. The number of nitrogens with one attached hydrogen (secondary N) is 2. The summed E-state index contributed by atoms with van der Waals surface area (Å²) in [4.78, 5) is 40.2. The third-order valence-corrected chi connectivity index (χ3v) is 2.72. The van der Waals surface area contributed by atoms with Crippen LogP contribution < -0.4 is 10.9 Å². The molecular formula is C12H17N3O5. The quantitative estimate of drug-likeness (QED) is 0.523. The summed E-state index contributed by atoms with van der Waals surface area (Å²) in [7, 11) is 0. The predicted octanol–water partition coefficient (Wildman–Crippen LogP) is -1.12. The number of H-pyrrole nitrogens is 1. The van der Waals surface area contributed by atoms with Crippen molar-refractivity contribution < 1.29 is 19.8 Å². The maximum Gasteiger partial charge on any atom is 0.334 e. The lowest BCUT2D eigenvalue weighted by Crippen LogP contribution is -2.36. The Balaban J connectivity index is 2.54. The SMILES string of the molecule is Cc1nc(C)c(CCC(=O)NCC(O)C(=O)O)c(=O)[nH]1. The first-order chi connectivity index (χ1) is 9.31. The number of carbonyl (C=O) groups is 2. The van der Waals surface area contributed by atoms with Crippen molar-refractivity contribution in [1.29, 1.82) is 0 Å². The van der Waals surface area contributed by atoms with Crippen molar-refractivity contribution >= 4 is 11.9 Å². The van der Waals surface area contributed by atoms with Crippen LogP contribution in [0.2, 0.25) is 0 Å². The maximum atomic E-state index is 11.7. The zero-order valence-electron chi connectivity index (χ0n) is 11.3. The summed E-state index contributed by atoms with van der Waals surface area (Å²) in [5, 5.41) is 19.7. The Hall–Kier alpha value is -2.22. The number of carbonyl (C=O) groups excluding carboxylic acids is 1. The number of aliphatic hydroxyl groups excluding tert-OH is 1. The smallest absolute Gasteiger partial charge is 0.334 e. The van der Waals surface area contributed by atoms with E-state index in [0.717, 1.165) is 0 Å². The number of aromatic amines is 1. The van der Waals surface area contributed by atoms with Gasteiger partial charge >= 0.3 is 5.97 Å². The molecule has 1 rings (SSSR count). The van der Waals surface area contributed by atoms with Gasteiger partial charge in [0.1, 0.15) is 5.82 Å². The van der Waals surface area contributed by atoms with Gasteiger partial charge in [0, 0.05) is 17.7 Å². The molecule has 0 saturated heterocycles. The Morgan fingerprint density at radius 1 is 1.40 bits per heavy atom. The second-order valence-corrected chi connectivity index (χ2v) is 4.37. The van der Waals surface area contributed by atoms with Gasteiger partial charge in [0.15, 0.2) is 6.10 Å². The highest BCUT2D eigenvalue weighted by Crippen LogP contribution is 2.02. The summed E-state index contributed by atoms with van der Waals surface area (Å²) in [6.45, 7) is 2.98. The van der Waals surface area contributed by atoms with Crippen LogP contribution >= 0.6 is 0 Å². The Morgan fingerprint density at radius 2 is 2.05 bits per heavy atom. The molecule has 1 atom stereocenters. The van der Waals surface area contributed by atoms with E-state index >= 15 is 0 Å². The van der Waals surface area contributed by atoms with E-state index in [9.17, 15) is 14.4 Å². The fourth-order valence-corrected chi connectivity index (χ4v) is 1.67. The summed E-state index contributed by atoms with van der Waals surface area (Å²) in [5.74, 6) is -1.34. The van der Waals surface area contributed by atoms with Crippen LogP contribution in [0.3, 0.4) is 0 Å². The number of aliphatic carboxylic acids is 1. The monoisotopic (exact) mass is 283 g/mol. The highest BCUT2D eigenvalue weighted by Gasteiger charge is 2.15. The van der Waals surface area contributed by atoms with Gasteiger partial charge in [0.2, 0.25) is 5.91 Å². The standard InChI is InChI=1S/C12H17N3O5/c1-6-8(11(18)15-7(2)14-6)3-4-10(17)13-5-9(16)12(19)20/h9,16H,3-5H2,1-2H3,(H,13,17)(H,19,20)(H,14,15,18). The van der Waals surface area contributed by atoms with Crippen LogP contribution in [0.5, 0.6) is 0 Å². The topological polar surface area (TPSA) is 132 Å². The maximum absolute atomic E-state index is 11.7. The molecule has 110 valence electrons. The predicted molar refractivity (Wildman–Crippen MR) is 69.3 cm³/mol. The first-order valence-corrected chi connectivity index (χ1v) is 6.05. The fraction of sp³-hybridized carbons (Fsp3) is 0.500. The largest absolute Gasteiger partial charge is 0.479 e. The van der Waals surface area contributed by atoms with Gasteiger partial charge in [0.05, 0.1) is 6.54 Å². The minimum atomic E-state index is -1.63. The number of rotatable bonds is 6. The van der Waals surface area contributed by atoms with Gasteiger partial charge in [0.25, 0.3) is 5.56 Å². The van der Waals surface area contributed by atoms with Crippen molar-refractivity contribution in [2.24, 2.45) is 0 Å². The van der Waals surface area contributed by atoms with Crippen LogP contribution in [0.15, 0.2) is 4.79 Å². The summed E-state index contributed by atoms with van der Waals surface area (Å²) in [6, 6.07) is 0. The first-order valence-electron chi connectivity index (χ1n) is 6.05. The Bertz CT molecular complexity index is 567. The number of aromatic nitrogens is 2. The molecule has 8 heteroatoms. The lowest BCUT2D eigenvalue weighted by Gasteiger charge is -2.08. The number of hydrogen-bond acceptors (Lipinski definition) is 5. The fourth-order valence-electron chi connectivity index (χ4n) is 1.67. The van der Waals surface area contributed by atoms with Gasteiger partial charge in [-0.2, -0.15) is 0 Å². The summed E-state index contributed by atoms with van der Waals surface area (Å²) < 4.78 is 0. The summed E-state index contributed by atoms with van der Waals surface area (Å²) in [6.07, 6.45) is -1.42. The molecule has 1 unspecified atom stereocenters. The molecule has 4 N–H and O–H groups in total. The second kappa shape index (κ2) is 6.80. The third kappa shape index (κ3) is 4.47. The zero-order valence-corrected chi connectivity index (χ0v) is 11.3. The van der Waals surface area contributed by atoms with E-state index in [4.69, 9.17) is 10.2 Å². The minimum Gasteiger partial charge on any atom is -0.479 e. The summed E-state index contributed by atoms with van der Waals surface area (Å²) in [5.41, 5.74) is 0.697. The zero-order chi connectivity index (χ0) is 15.3. The molecule has 8 nitrogen and oxygen atoms in total. The molecule has 0 aliphatic rings. The lowest BCUT2D eigenvalue weighted by molar-refractivity contribution is -0.146. The van der Waals surface area contributed by atoms with Crippen LogP contribution in [-0.4, -0.2) is 44.7 Å². The molecule has 1 aromatic heterocycles. The molecule has 20 heavy (non-hydrogen) atoms. The van der Waals surface area contributed by atoms with Crippen LogP contribution in [0.25, 0.3) is 0 Å². The average Bonchev–Trinajstić information content (AvgIpc) is 2.34. The highest BCUT2D eigenvalue weighted by molar-refractivity contribution is 5.78. The Morgan fingerprint density at radius 3 is 2.60 bits per heavy atom. The number of aliphatic hydroxyl groups is 1. The van der Waals surface area contributed by atoms with E-state index in [0.29, 0.717) is 17.1 Å². The Kier molecular flexibility index (Phi) is 5.39. The lowest BCUT2D eigenvalue weighted by atomic mass is 10.1. The molecule has 0 fully saturated rings. The molecule has 0 aliphatic heterocycles. The molecule has 1 amide bonds. The van der Waals surface area contributed by atoms with Crippen molar-refractivity contribution in [2.45, 2.75) is 32.8 Å². The van der Waals surface area contributed by atoms with E-state index in [2.05, 4.69) is 15.3 Å². The minimum absolute atomic E-state index is 0.0149. The number of amides is 1. The van der Waals surface area contributed by atoms with Crippen molar-refractivity contribution in [2.75, 3.05) is 6.54 Å². The van der Waals surface area contributed by atoms with E-state index in [1.54, 1.807) is 13.8 Å². The van der Waals surface area contributed by atoms with Gasteiger partial charge in [-0.1, -0.05) is 0 Å². The number of carboxylic acid groups (broad SMARTS) is 1. The molecule has 0 spiro atoms. The normalized spacial score (nSPS) is 11.9. The molecule has 0 saturated carbocycles. The van der Waals surface area contributed by atoms with Crippen molar-refractivity contribution in [3.8, 4) is 0 Å². The number of nitrogens with zero attached hydrogens (tertiary/aromatic N) is 1. The molecule has 1 aromatic rings. The molecular weight excluding hydrogens is 266 g/mol. The molecule has 0 radical (unpaired) electrons. The molecule has 0 aliphatic carbocycles. The molecule has 0 bridgehead atoms. The van der Waals surface area contributed by atoms with Gasteiger partial charge in [-0.3, -0.25) is 9.59 Å². The van der Waals surface area contributed by atoms with Gasteiger partial charge < -0.3 is 20.5 Å². The van der Waals surface area contributed by atoms with Gasteiger partial charge in [-0.15, -0.1) is 0 Å². The van der Waals surface area contributed by atoms with Gasteiger partial charge in [-0.05, 0) is 20.3 Å². The van der Waals surface area contributed by atoms with Crippen LogP contribution in [0.1, 0.15) is 23.5 Å². The molecule has 1 heterocycles. The van der Waals surface area contributed by atoms with Crippen molar-refractivity contribution in [3.63, 3.8) is 0 Å².